The number of nitrogens with zero attached hydrogens (tertiary/aromatic N) is 2. The van der Waals surface area contributed by atoms with Crippen LogP contribution in [0.4, 0.5) is 5.95 Å². The number of aromatic nitrogens is 2. The lowest BCUT2D eigenvalue weighted by atomic mass is 9.98. The molecule has 4 nitrogen and oxygen atoms in total. The Balaban J connectivity index is 2.50. The first-order valence-corrected chi connectivity index (χ1v) is 5.24. The van der Waals surface area contributed by atoms with Crippen LogP contribution in [-0.4, -0.2) is 23.6 Å². The zero-order valence-corrected chi connectivity index (χ0v) is 9.82. The third kappa shape index (κ3) is 3.73. The SMILES string of the molecule is COc1ccnc(NCC(C)C(C)C)n1. The van der Waals surface area contributed by atoms with Gasteiger partial charge in [-0.1, -0.05) is 20.8 Å². The molecule has 0 aliphatic heterocycles. The van der Waals surface area contributed by atoms with Crippen molar-refractivity contribution in [2.24, 2.45) is 11.8 Å². The number of ether oxygens (including phenoxy) is 1. The molecule has 1 aromatic heterocycles. The first kappa shape index (κ1) is 11.8. The van der Waals surface area contributed by atoms with Crippen molar-refractivity contribution in [1.29, 1.82) is 0 Å². The zero-order valence-electron chi connectivity index (χ0n) is 9.82. The molecule has 1 heterocycles. The van der Waals surface area contributed by atoms with Crippen LogP contribution in [0.5, 0.6) is 5.88 Å². The molecule has 1 atom stereocenters. The van der Waals surface area contributed by atoms with Crippen molar-refractivity contribution in [2.45, 2.75) is 20.8 Å². The highest BCUT2D eigenvalue weighted by atomic mass is 16.5. The Morgan fingerprint density at radius 2 is 2.13 bits per heavy atom. The lowest BCUT2D eigenvalue weighted by Gasteiger charge is -2.15. The standard InChI is InChI=1S/C11H19N3O/c1-8(2)9(3)7-13-11-12-6-5-10(14-11)15-4/h5-6,8-9H,7H2,1-4H3,(H,12,13,14). The van der Waals surface area contributed by atoms with Gasteiger partial charge in [0.25, 0.3) is 0 Å². The summed E-state index contributed by atoms with van der Waals surface area (Å²) in [4.78, 5) is 8.29. The van der Waals surface area contributed by atoms with Crippen LogP contribution in [0.2, 0.25) is 0 Å². The van der Waals surface area contributed by atoms with Crippen LogP contribution >= 0.6 is 0 Å². The van der Waals surface area contributed by atoms with Gasteiger partial charge in [-0.2, -0.15) is 4.98 Å². The molecule has 0 radical (unpaired) electrons. The van der Waals surface area contributed by atoms with E-state index in [1.54, 1.807) is 19.4 Å². The Morgan fingerprint density at radius 1 is 1.40 bits per heavy atom. The van der Waals surface area contributed by atoms with Gasteiger partial charge in [0.2, 0.25) is 11.8 Å². The predicted molar refractivity (Wildman–Crippen MR) is 61.1 cm³/mol. The van der Waals surface area contributed by atoms with Crippen LogP contribution < -0.4 is 10.1 Å². The summed E-state index contributed by atoms with van der Waals surface area (Å²) in [5.41, 5.74) is 0. The maximum absolute atomic E-state index is 5.02. The minimum Gasteiger partial charge on any atom is -0.481 e. The summed E-state index contributed by atoms with van der Waals surface area (Å²) in [6.07, 6.45) is 1.69. The summed E-state index contributed by atoms with van der Waals surface area (Å²) in [5, 5.41) is 3.20. The molecule has 1 unspecified atom stereocenters. The first-order valence-electron chi connectivity index (χ1n) is 5.24. The summed E-state index contributed by atoms with van der Waals surface area (Å²) < 4.78 is 5.02. The molecule has 0 aliphatic carbocycles. The molecule has 1 aromatic rings. The molecule has 0 spiro atoms. The van der Waals surface area contributed by atoms with Gasteiger partial charge in [0.15, 0.2) is 0 Å². The Hall–Kier alpha value is -1.32. The molecule has 1 rings (SSSR count). The van der Waals surface area contributed by atoms with Gasteiger partial charge in [0.1, 0.15) is 0 Å². The molecule has 0 saturated carbocycles. The van der Waals surface area contributed by atoms with Crippen LogP contribution in [0.3, 0.4) is 0 Å². The summed E-state index contributed by atoms with van der Waals surface area (Å²) >= 11 is 0. The van der Waals surface area contributed by atoms with Crippen LogP contribution in [-0.2, 0) is 0 Å². The van der Waals surface area contributed by atoms with E-state index in [0.717, 1.165) is 6.54 Å². The molecule has 15 heavy (non-hydrogen) atoms. The second-order valence-corrected chi connectivity index (χ2v) is 4.02. The third-order valence-corrected chi connectivity index (χ3v) is 2.56. The summed E-state index contributed by atoms with van der Waals surface area (Å²) in [6, 6.07) is 1.73. The minimum absolute atomic E-state index is 0.588. The second kappa shape index (κ2) is 5.53. The highest BCUT2D eigenvalue weighted by Crippen LogP contribution is 2.11. The van der Waals surface area contributed by atoms with Crippen molar-refractivity contribution in [1.82, 2.24) is 9.97 Å². The van der Waals surface area contributed by atoms with E-state index in [1.807, 2.05) is 0 Å². The van der Waals surface area contributed by atoms with E-state index >= 15 is 0 Å². The third-order valence-electron chi connectivity index (χ3n) is 2.56. The van der Waals surface area contributed by atoms with Gasteiger partial charge < -0.3 is 10.1 Å². The van der Waals surface area contributed by atoms with Gasteiger partial charge in [-0.25, -0.2) is 4.98 Å². The van der Waals surface area contributed by atoms with Crippen molar-refractivity contribution < 1.29 is 4.74 Å². The van der Waals surface area contributed by atoms with Crippen molar-refractivity contribution in [2.75, 3.05) is 19.0 Å². The maximum Gasteiger partial charge on any atom is 0.225 e. The number of anilines is 1. The molecule has 0 fully saturated rings. The minimum atomic E-state index is 0.588. The number of methoxy groups -OCH3 is 1. The van der Waals surface area contributed by atoms with E-state index in [1.165, 1.54) is 0 Å². The first-order chi connectivity index (χ1) is 7.13. The van der Waals surface area contributed by atoms with Crippen LogP contribution in [0.15, 0.2) is 12.3 Å². The fourth-order valence-corrected chi connectivity index (χ4v) is 1.03. The summed E-state index contributed by atoms with van der Waals surface area (Å²) in [7, 11) is 1.60. The van der Waals surface area contributed by atoms with E-state index < -0.39 is 0 Å². The van der Waals surface area contributed by atoms with Crippen molar-refractivity contribution >= 4 is 5.95 Å². The monoisotopic (exact) mass is 209 g/mol. The molecule has 0 aromatic carbocycles. The van der Waals surface area contributed by atoms with Gasteiger partial charge in [0.05, 0.1) is 7.11 Å². The quantitative estimate of drug-likeness (QED) is 0.807. The molecule has 1 N–H and O–H groups in total. The average molecular weight is 209 g/mol. The average Bonchev–Trinajstić information content (AvgIpc) is 2.26. The molecule has 0 saturated heterocycles. The normalized spacial score (nSPS) is 12.6. The zero-order chi connectivity index (χ0) is 11.3. The summed E-state index contributed by atoms with van der Waals surface area (Å²) in [6.45, 7) is 7.50. The van der Waals surface area contributed by atoms with E-state index in [4.69, 9.17) is 4.74 Å². The van der Waals surface area contributed by atoms with Gasteiger partial charge in [-0.05, 0) is 11.8 Å². The molecule has 4 heteroatoms. The number of rotatable bonds is 5. The molecule has 84 valence electrons. The number of hydrogen-bond donors (Lipinski definition) is 1. The Bertz CT molecular complexity index is 302. The van der Waals surface area contributed by atoms with Crippen LogP contribution in [0.1, 0.15) is 20.8 Å². The van der Waals surface area contributed by atoms with Gasteiger partial charge >= 0.3 is 0 Å². The van der Waals surface area contributed by atoms with Crippen molar-refractivity contribution in [3.05, 3.63) is 12.3 Å². The molecule has 0 bridgehead atoms. The Kier molecular flexibility index (Phi) is 4.34. The smallest absolute Gasteiger partial charge is 0.225 e. The Labute approximate surface area is 91.1 Å². The van der Waals surface area contributed by atoms with Gasteiger partial charge in [0, 0.05) is 18.8 Å². The van der Waals surface area contributed by atoms with Crippen molar-refractivity contribution in [3.63, 3.8) is 0 Å². The second-order valence-electron chi connectivity index (χ2n) is 4.02. The lowest BCUT2D eigenvalue weighted by Crippen LogP contribution is -2.17. The van der Waals surface area contributed by atoms with Crippen LogP contribution in [0, 0.1) is 11.8 Å². The highest BCUT2D eigenvalue weighted by molar-refractivity contribution is 5.27. The lowest BCUT2D eigenvalue weighted by molar-refractivity contribution is 0.396. The fraction of sp³-hybridized carbons (Fsp3) is 0.636. The number of hydrogen-bond acceptors (Lipinski definition) is 4. The van der Waals surface area contributed by atoms with Crippen molar-refractivity contribution in [3.8, 4) is 5.88 Å². The van der Waals surface area contributed by atoms with Gasteiger partial charge in [-0.15, -0.1) is 0 Å². The maximum atomic E-state index is 5.02. The molecular weight excluding hydrogens is 190 g/mol. The Morgan fingerprint density at radius 3 is 2.73 bits per heavy atom. The van der Waals surface area contributed by atoms with E-state index in [-0.39, 0.29) is 0 Å². The predicted octanol–water partition coefficient (Wildman–Crippen LogP) is 2.19. The number of nitrogens with one attached hydrogen (secondary N) is 1. The summed E-state index contributed by atoms with van der Waals surface area (Å²) in [5.74, 6) is 2.47. The highest BCUT2D eigenvalue weighted by Gasteiger charge is 2.07. The molecule has 0 amide bonds. The fourth-order valence-electron chi connectivity index (χ4n) is 1.03. The van der Waals surface area contributed by atoms with E-state index in [0.29, 0.717) is 23.7 Å². The largest absolute Gasteiger partial charge is 0.481 e. The molecular formula is C11H19N3O. The van der Waals surface area contributed by atoms with Crippen LogP contribution in [0.25, 0.3) is 0 Å². The van der Waals surface area contributed by atoms with E-state index in [9.17, 15) is 0 Å². The molecule has 0 aliphatic rings. The van der Waals surface area contributed by atoms with E-state index in [2.05, 4.69) is 36.1 Å². The van der Waals surface area contributed by atoms with Gasteiger partial charge in [-0.3, -0.25) is 0 Å². The topological polar surface area (TPSA) is 47.0 Å².